The van der Waals surface area contributed by atoms with E-state index in [1.807, 2.05) is 19.1 Å². The van der Waals surface area contributed by atoms with Crippen LogP contribution in [0.5, 0.6) is 0 Å². The van der Waals surface area contributed by atoms with E-state index >= 15 is 0 Å². The molecular weight excluding hydrogens is 297 g/mol. The van der Waals surface area contributed by atoms with E-state index in [-0.39, 0.29) is 5.91 Å². The molecule has 0 radical (unpaired) electrons. The maximum atomic E-state index is 13.0. The summed E-state index contributed by atoms with van der Waals surface area (Å²) in [6, 6.07) is 11.2. The molecule has 18 heavy (non-hydrogen) atoms. The Morgan fingerprint density at radius 1 is 1.22 bits per heavy atom. The number of benzene rings is 2. The molecule has 2 aromatic carbocycles. The Labute approximate surface area is 113 Å². The van der Waals surface area contributed by atoms with Gasteiger partial charge in [-0.25, -0.2) is 4.39 Å². The topological polar surface area (TPSA) is 29.1 Å². The summed E-state index contributed by atoms with van der Waals surface area (Å²) >= 11 is 3.37. The van der Waals surface area contributed by atoms with Crippen LogP contribution < -0.4 is 5.32 Å². The molecule has 2 nitrogen and oxygen atoms in total. The summed E-state index contributed by atoms with van der Waals surface area (Å²) < 4.78 is 13.8. The lowest BCUT2D eigenvalue weighted by molar-refractivity contribution is 0.102. The summed E-state index contributed by atoms with van der Waals surface area (Å²) in [6.07, 6.45) is 0. The van der Waals surface area contributed by atoms with Crippen LogP contribution >= 0.6 is 15.9 Å². The van der Waals surface area contributed by atoms with Crippen molar-refractivity contribution < 1.29 is 9.18 Å². The molecule has 1 amide bonds. The molecule has 0 aliphatic rings. The smallest absolute Gasteiger partial charge is 0.255 e. The van der Waals surface area contributed by atoms with Crippen molar-refractivity contribution in [2.45, 2.75) is 6.92 Å². The first-order valence-electron chi connectivity index (χ1n) is 5.39. The summed E-state index contributed by atoms with van der Waals surface area (Å²) in [5.74, 6) is -0.760. The van der Waals surface area contributed by atoms with Crippen molar-refractivity contribution in [3.8, 4) is 0 Å². The van der Waals surface area contributed by atoms with Gasteiger partial charge < -0.3 is 5.32 Å². The van der Waals surface area contributed by atoms with E-state index in [1.54, 1.807) is 12.1 Å². The normalized spacial score (nSPS) is 10.2. The van der Waals surface area contributed by atoms with Crippen molar-refractivity contribution >= 4 is 27.5 Å². The molecule has 0 saturated heterocycles. The number of carbonyl (C=O) groups excluding carboxylic acids is 1. The average molecular weight is 308 g/mol. The van der Waals surface area contributed by atoms with Gasteiger partial charge in [0.1, 0.15) is 5.82 Å². The minimum atomic E-state index is -0.425. The lowest BCUT2D eigenvalue weighted by Gasteiger charge is -2.08. The zero-order valence-corrected chi connectivity index (χ0v) is 11.3. The minimum absolute atomic E-state index is 0.294. The highest BCUT2D eigenvalue weighted by Crippen LogP contribution is 2.23. The molecule has 0 bridgehead atoms. The van der Waals surface area contributed by atoms with Crippen LogP contribution in [-0.4, -0.2) is 5.91 Å². The van der Waals surface area contributed by atoms with Crippen LogP contribution in [0.2, 0.25) is 0 Å². The van der Waals surface area contributed by atoms with Gasteiger partial charge in [-0.3, -0.25) is 4.79 Å². The number of anilines is 1. The largest absolute Gasteiger partial charge is 0.321 e. The summed E-state index contributed by atoms with van der Waals surface area (Å²) in [7, 11) is 0. The van der Waals surface area contributed by atoms with Gasteiger partial charge in [-0.1, -0.05) is 12.1 Å². The van der Waals surface area contributed by atoms with Crippen LogP contribution in [0.4, 0.5) is 10.1 Å². The van der Waals surface area contributed by atoms with E-state index in [0.717, 1.165) is 10.0 Å². The fourth-order valence-electron chi connectivity index (χ4n) is 1.55. The number of hydrogen-bond acceptors (Lipinski definition) is 1. The van der Waals surface area contributed by atoms with E-state index in [2.05, 4.69) is 21.2 Å². The van der Waals surface area contributed by atoms with Gasteiger partial charge in [-0.15, -0.1) is 0 Å². The first-order chi connectivity index (χ1) is 8.56. The van der Waals surface area contributed by atoms with Gasteiger partial charge in [0, 0.05) is 10.0 Å². The molecule has 92 valence electrons. The second-order valence-corrected chi connectivity index (χ2v) is 4.80. The summed E-state index contributed by atoms with van der Waals surface area (Å²) in [5, 5.41) is 2.73. The number of carbonyl (C=O) groups is 1. The molecule has 2 aromatic rings. The fraction of sp³-hybridized carbons (Fsp3) is 0.0714. The third kappa shape index (κ3) is 2.96. The van der Waals surface area contributed by atoms with E-state index < -0.39 is 5.82 Å². The molecular formula is C14H11BrFNO. The SMILES string of the molecule is Cc1ccc(NC(=O)c2cccc(F)c2)c(Br)c1. The molecule has 0 heterocycles. The monoisotopic (exact) mass is 307 g/mol. The van der Waals surface area contributed by atoms with Crippen LogP contribution in [0.25, 0.3) is 0 Å². The summed E-state index contributed by atoms with van der Waals surface area (Å²) in [4.78, 5) is 11.9. The number of aryl methyl sites for hydroxylation is 1. The molecule has 0 fully saturated rings. The Morgan fingerprint density at radius 3 is 2.67 bits per heavy atom. The maximum absolute atomic E-state index is 13.0. The van der Waals surface area contributed by atoms with Crippen LogP contribution in [0, 0.1) is 12.7 Å². The highest BCUT2D eigenvalue weighted by molar-refractivity contribution is 9.10. The van der Waals surface area contributed by atoms with Crippen LogP contribution in [0.1, 0.15) is 15.9 Å². The molecule has 0 aromatic heterocycles. The average Bonchev–Trinajstić information content (AvgIpc) is 2.32. The third-order valence-electron chi connectivity index (χ3n) is 2.46. The second-order valence-electron chi connectivity index (χ2n) is 3.95. The van der Waals surface area contributed by atoms with Gasteiger partial charge in [0.05, 0.1) is 5.69 Å². The van der Waals surface area contributed by atoms with E-state index in [1.165, 1.54) is 18.2 Å². The molecule has 0 spiro atoms. The Bertz CT molecular complexity index is 598. The van der Waals surface area contributed by atoms with Crippen molar-refractivity contribution in [3.63, 3.8) is 0 Å². The number of hydrogen-bond donors (Lipinski definition) is 1. The van der Waals surface area contributed by atoms with Crippen molar-refractivity contribution in [2.24, 2.45) is 0 Å². The standard InChI is InChI=1S/C14H11BrFNO/c1-9-5-6-13(12(15)7-9)17-14(18)10-3-2-4-11(16)8-10/h2-8H,1H3,(H,17,18). The Hall–Kier alpha value is -1.68. The lowest BCUT2D eigenvalue weighted by atomic mass is 10.2. The van der Waals surface area contributed by atoms with Gasteiger partial charge >= 0.3 is 0 Å². The van der Waals surface area contributed by atoms with Crippen LogP contribution in [0.3, 0.4) is 0 Å². The Morgan fingerprint density at radius 2 is 2.00 bits per heavy atom. The maximum Gasteiger partial charge on any atom is 0.255 e. The van der Waals surface area contributed by atoms with Gasteiger partial charge in [-0.2, -0.15) is 0 Å². The molecule has 0 saturated carbocycles. The second kappa shape index (κ2) is 5.31. The predicted octanol–water partition coefficient (Wildman–Crippen LogP) is 4.15. The Kier molecular flexibility index (Phi) is 3.77. The van der Waals surface area contributed by atoms with Gasteiger partial charge in [0.15, 0.2) is 0 Å². The minimum Gasteiger partial charge on any atom is -0.321 e. The predicted molar refractivity (Wildman–Crippen MR) is 73.2 cm³/mol. The molecule has 0 aliphatic heterocycles. The zero-order chi connectivity index (χ0) is 13.1. The molecule has 1 N–H and O–H groups in total. The quantitative estimate of drug-likeness (QED) is 0.887. The van der Waals surface area contributed by atoms with Crippen LogP contribution in [0.15, 0.2) is 46.9 Å². The first-order valence-corrected chi connectivity index (χ1v) is 6.18. The van der Waals surface area contributed by atoms with Crippen molar-refractivity contribution in [3.05, 3.63) is 63.9 Å². The molecule has 0 atom stereocenters. The molecule has 0 unspecified atom stereocenters. The van der Waals surface area contributed by atoms with Gasteiger partial charge in [0.25, 0.3) is 5.91 Å². The Balaban J connectivity index is 2.21. The van der Waals surface area contributed by atoms with Gasteiger partial charge in [0.2, 0.25) is 0 Å². The van der Waals surface area contributed by atoms with Crippen molar-refractivity contribution in [2.75, 3.05) is 5.32 Å². The number of rotatable bonds is 2. The third-order valence-corrected chi connectivity index (χ3v) is 3.12. The van der Waals surface area contributed by atoms with Crippen molar-refractivity contribution in [1.82, 2.24) is 0 Å². The van der Waals surface area contributed by atoms with E-state index in [9.17, 15) is 9.18 Å². The highest BCUT2D eigenvalue weighted by atomic mass is 79.9. The molecule has 4 heteroatoms. The molecule has 2 rings (SSSR count). The lowest BCUT2D eigenvalue weighted by Crippen LogP contribution is -2.12. The van der Waals surface area contributed by atoms with E-state index in [4.69, 9.17) is 0 Å². The van der Waals surface area contributed by atoms with Crippen molar-refractivity contribution in [1.29, 1.82) is 0 Å². The number of amides is 1. The van der Waals surface area contributed by atoms with Gasteiger partial charge in [-0.05, 0) is 58.7 Å². The number of halogens is 2. The van der Waals surface area contributed by atoms with E-state index in [0.29, 0.717) is 11.3 Å². The number of nitrogens with one attached hydrogen (secondary N) is 1. The first kappa shape index (κ1) is 12.8. The van der Waals surface area contributed by atoms with Crippen LogP contribution in [-0.2, 0) is 0 Å². The zero-order valence-electron chi connectivity index (χ0n) is 9.71. The molecule has 0 aliphatic carbocycles. The summed E-state index contributed by atoms with van der Waals surface area (Å²) in [5.41, 5.74) is 2.04. The fourth-order valence-corrected chi connectivity index (χ4v) is 2.14. The summed E-state index contributed by atoms with van der Waals surface area (Å²) in [6.45, 7) is 1.96. The highest BCUT2D eigenvalue weighted by Gasteiger charge is 2.08.